The van der Waals surface area contributed by atoms with Crippen molar-refractivity contribution in [2.75, 3.05) is 0 Å². The molecule has 0 unspecified atom stereocenters. The van der Waals surface area contributed by atoms with Gasteiger partial charge >= 0.3 is 0 Å². The van der Waals surface area contributed by atoms with Crippen molar-refractivity contribution in [3.63, 3.8) is 0 Å². The summed E-state index contributed by atoms with van der Waals surface area (Å²) in [6.45, 7) is 0. The zero-order valence-electron chi connectivity index (χ0n) is 7.77. The molecule has 0 heterocycles. The highest BCUT2D eigenvalue weighted by Gasteiger charge is 2.75. The van der Waals surface area contributed by atoms with Gasteiger partial charge in [0, 0.05) is 23.7 Å². The van der Waals surface area contributed by atoms with E-state index >= 15 is 0 Å². The van der Waals surface area contributed by atoms with Crippen molar-refractivity contribution < 1.29 is 9.59 Å². The van der Waals surface area contributed by atoms with E-state index < -0.39 is 0 Å². The van der Waals surface area contributed by atoms with Crippen molar-refractivity contribution in [1.29, 1.82) is 0 Å². The standard InChI is InChI=1S/C11H14O2/c12-8-3-1-5-10-7-11(8,10)6-2-4-9(10)13/h1-7H2/t10-,11-/m0/s1. The van der Waals surface area contributed by atoms with Crippen molar-refractivity contribution >= 4 is 11.6 Å². The molecule has 0 saturated heterocycles. The molecular weight excluding hydrogens is 164 g/mol. The largest absolute Gasteiger partial charge is 0.299 e. The Bertz CT molecular complexity index is 277. The Morgan fingerprint density at radius 1 is 0.846 bits per heavy atom. The van der Waals surface area contributed by atoms with Crippen molar-refractivity contribution in [2.24, 2.45) is 10.8 Å². The minimum Gasteiger partial charge on any atom is -0.299 e. The first kappa shape index (κ1) is 7.72. The zero-order chi connectivity index (χ0) is 9.10. The average molecular weight is 178 g/mol. The van der Waals surface area contributed by atoms with Gasteiger partial charge in [-0.25, -0.2) is 0 Å². The van der Waals surface area contributed by atoms with Crippen LogP contribution in [0.25, 0.3) is 0 Å². The second kappa shape index (κ2) is 2.05. The van der Waals surface area contributed by atoms with Crippen LogP contribution in [0.5, 0.6) is 0 Å². The highest BCUT2D eigenvalue weighted by molar-refractivity contribution is 6.03. The van der Waals surface area contributed by atoms with E-state index in [-0.39, 0.29) is 10.8 Å². The number of hydrogen-bond donors (Lipinski definition) is 0. The third kappa shape index (κ3) is 0.673. The lowest BCUT2D eigenvalue weighted by Crippen LogP contribution is -2.36. The lowest BCUT2D eigenvalue weighted by molar-refractivity contribution is -0.137. The number of ketones is 2. The fourth-order valence-corrected chi connectivity index (χ4v) is 3.72. The summed E-state index contributed by atoms with van der Waals surface area (Å²) < 4.78 is 0. The van der Waals surface area contributed by atoms with E-state index in [1.54, 1.807) is 0 Å². The summed E-state index contributed by atoms with van der Waals surface area (Å²) in [4.78, 5) is 23.6. The predicted molar refractivity (Wildman–Crippen MR) is 47.2 cm³/mol. The van der Waals surface area contributed by atoms with Crippen LogP contribution < -0.4 is 0 Å². The van der Waals surface area contributed by atoms with E-state index in [1.807, 2.05) is 0 Å². The highest BCUT2D eigenvalue weighted by atomic mass is 16.1. The second-order valence-electron chi connectivity index (χ2n) is 4.89. The van der Waals surface area contributed by atoms with Gasteiger partial charge in [-0.05, 0) is 32.1 Å². The molecule has 0 spiro atoms. The van der Waals surface area contributed by atoms with Crippen molar-refractivity contribution in [3.05, 3.63) is 0 Å². The van der Waals surface area contributed by atoms with Crippen LogP contribution >= 0.6 is 0 Å². The molecule has 0 amide bonds. The normalized spacial score (nSPS) is 48.3. The van der Waals surface area contributed by atoms with Gasteiger partial charge in [0.2, 0.25) is 0 Å². The maximum Gasteiger partial charge on any atom is 0.140 e. The van der Waals surface area contributed by atoms with Crippen LogP contribution in [0.1, 0.15) is 44.9 Å². The van der Waals surface area contributed by atoms with Crippen LogP contribution in [0.15, 0.2) is 0 Å². The fourth-order valence-electron chi connectivity index (χ4n) is 3.72. The van der Waals surface area contributed by atoms with Gasteiger partial charge < -0.3 is 0 Å². The minimum atomic E-state index is -0.138. The first-order valence-corrected chi connectivity index (χ1v) is 5.28. The predicted octanol–water partition coefficient (Wildman–Crippen LogP) is 1.87. The molecule has 2 atom stereocenters. The van der Waals surface area contributed by atoms with Crippen molar-refractivity contribution in [3.8, 4) is 0 Å². The molecule has 0 aromatic rings. The monoisotopic (exact) mass is 178 g/mol. The van der Waals surface area contributed by atoms with Gasteiger partial charge in [0.05, 0.1) is 0 Å². The fraction of sp³-hybridized carbons (Fsp3) is 0.818. The molecule has 70 valence electrons. The Morgan fingerprint density at radius 2 is 1.31 bits per heavy atom. The Hall–Kier alpha value is -0.660. The Kier molecular flexibility index (Phi) is 1.21. The molecule has 0 bridgehead atoms. The summed E-state index contributed by atoms with van der Waals surface area (Å²) >= 11 is 0. The summed E-state index contributed by atoms with van der Waals surface area (Å²) in [5.41, 5.74) is -0.277. The van der Waals surface area contributed by atoms with Crippen LogP contribution in [0, 0.1) is 10.8 Å². The van der Waals surface area contributed by atoms with Gasteiger partial charge in [0.15, 0.2) is 0 Å². The topological polar surface area (TPSA) is 34.1 Å². The number of Topliss-reactive ketones (excluding diaryl/α,β-unsaturated/α-hetero) is 2. The molecule has 2 nitrogen and oxygen atoms in total. The van der Waals surface area contributed by atoms with Crippen LogP contribution in [0.2, 0.25) is 0 Å². The van der Waals surface area contributed by atoms with Crippen molar-refractivity contribution in [2.45, 2.75) is 44.9 Å². The molecule has 0 N–H and O–H groups in total. The van der Waals surface area contributed by atoms with Crippen LogP contribution in [-0.4, -0.2) is 11.6 Å². The summed E-state index contributed by atoms with van der Waals surface area (Å²) in [6, 6.07) is 0. The summed E-state index contributed by atoms with van der Waals surface area (Å²) in [5.74, 6) is 0.790. The summed E-state index contributed by atoms with van der Waals surface area (Å²) in [7, 11) is 0. The molecule has 0 aromatic heterocycles. The Balaban J connectivity index is 2.04. The van der Waals surface area contributed by atoms with E-state index in [2.05, 4.69) is 0 Å². The van der Waals surface area contributed by atoms with E-state index in [1.165, 1.54) is 0 Å². The van der Waals surface area contributed by atoms with E-state index in [0.29, 0.717) is 11.6 Å². The maximum atomic E-state index is 11.8. The number of carbonyl (C=O) groups excluding carboxylic acids is 2. The maximum absolute atomic E-state index is 11.8. The molecule has 2 heteroatoms. The molecule has 13 heavy (non-hydrogen) atoms. The molecule has 3 fully saturated rings. The van der Waals surface area contributed by atoms with Gasteiger partial charge in [-0.2, -0.15) is 0 Å². The first-order chi connectivity index (χ1) is 6.21. The van der Waals surface area contributed by atoms with Crippen LogP contribution in [-0.2, 0) is 9.59 Å². The van der Waals surface area contributed by atoms with Crippen LogP contribution in [0.4, 0.5) is 0 Å². The van der Waals surface area contributed by atoms with Gasteiger partial charge in [-0.3, -0.25) is 9.59 Å². The lowest BCUT2D eigenvalue weighted by atomic mass is 9.69. The molecule has 3 aliphatic rings. The molecule has 0 aliphatic heterocycles. The molecule has 0 aromatic carbocycles. The second-order valence-corrected chi connectivity index (χ2v) is 4.89. The quantitative estimate of drug-likeness (QED) is 0.567. The van der Waals surface area contributed by atoms with Gasteiger partial charge in [-0.1, -0.05) is 0 Å². The molecule has 3 saturated carbocycles. The lowest BCUT2D eigenvalue weighted by Gasteiger charge is -2.32. The Morgan fingerprint density at radius 3 is 1.77 bits per heavy atom. The Labute approximate surface area is 77.7 Å². The van der Waals surface area contributed by atoms with E-state index in [4.69, 9.17) is 0 Å². The number of carbonyl (C=O) groups is 2. The summed E-state index contributed by atoms with van der Waals surface area (Å²) in [6.07, 6.45) is 6.26. The summed E-state index contributed by atoms with van der Waals surface area (Å²) in [5, 5.41) is 0. The number of hydrogen-bond acceptors (Lipinski definition) is 2. The number of rotatable bonds is 0. The smallest absolute Gasteiger partial charge is 0.140 e. The van der Waals surface area contributed by atoms with Gasteiger partial charge in [-0.15, -0.1) is 0 Å². The molecule has 3 aliphatic carbocycles. The molecule has 3 rings (SSSR count). The first-order valence-electron chi connectivity index (χ1n) is 5.28. The van der Waals surface area contributed by atoms with Gasteiger partial charge in [0.1, 0.15) is 11.6 Å². The third-order valence-electron chi connectivity index (χ3n) is 4.48. The minimum absolute atomic E-state index is 0.138. The third-order valence-corrected chi connectivity index (χ3v) is 4.48. The molecular formula is C11H14O2. The van der Waals surface area contributed by atoms with E-state index in [0.717, 1.165) is 44.9 Å². The SMILES string of the molecule is O=C1CCC[C@@]23C[C@@]12CCCC3=O. The average Bonchev–Trinajstić information content (AvgIpc) is 2.78. The molecule has 0 radical (unpaired) electrons. The highest BCUT2D eigenvalue weighted by Crippen LogP contribution is 2.74. The van der Waals surface area contributed by atoms with Crippen LogP contribution in [0.3, 0.4) is 0 Å². The zero-order valence-corrected chi connectivity index (χ0v) is 7.77. The van der Waals surface area contributed by atoms with E-state index in [9.17, 15) is 9.59 Å². The van der Waals surface area contributed by atoms with Crippen molar-refractivity contribution in [1.82, 2.24) is 0 Å². The van der Waals surface area contributed by atoms with Gasteiger partial charge in [0.25, 0.3) is 0 Å².